The van der Waals surface area contributed by atoms with Crippen molar-refractivity contribution in [2.45, 2.75) is 39.8 Å². The molecule has 0 aliphatic carbocycles. The topological polar surface area (TPSA) is 37.4 Å². The predicted molar refractivity (Wildman–Crippen MR) is 77.9 cm³/mol. The van der Waals surface area contributed by atoms with Gasteiger partial charge < -0.3 is 0 Å². The van der Waals surface area contributed by atoms with E-state index in [0.717, 1.165) is 0 Å². The number of hydrogen-bond acceptors (Lipinski definition) is 3. The van der Waals surface area contributed by atoms with Crippen LogP contribution in [-0.4, -0.2) is 23.8 Å². The molecule has 0 aromatic heterocycles. The van der Waals surface area contributed by atoms with Gasteiger partial charge in [-0.15, -0.1) is 0 Å². The molecule has 6 heteroatoms. The molecule has 0 spiro atoms. The van der Waals surface area contributed by atoms with Crippen molar-refractivity contribution in [2.75, 3.05) is 0 Å². The second-order valence-corrected chi connectivity index (χ2v) is 8.95. The second kappa shape index (κ2) is 6.70. The highest BCUT2D eigenvalue weighted by Crippen LogP contribution is 2.50. The summed E-state index contributed by atoms with van der Waals surface area (Å²) < 4.78 is 1.91. The van der Waals surface area contributed by atoms with Crippen LogP contribution in [0.5, 0.6) is 0 Å². The third-order valence-electron chi connectivity index (χ3n) is 1.62. The summed E-state index contributed by atoms with van der Waals surface area (Å²) in [5.74, 6) is 0. The smallest absolute Gasteiger partial charge is 0.236 e. The fourth-order valence-corrected chi connectivity index (χ4v) is 6.93. The number of nitrogens with zero attached hydrogens (tertiary/aromatic N) is 1. The van der Waals surface area contributed by atoms with Gasteiger partial charge in [0.25, 0.3) is 0 Å². The van der Waals surface area contributed by atoms with E-state index >= 15 is 0 Å². The van der Waals surface area contributed by atoms with E-state index in [2.05, 4.69) is 0 Å². The molecule has 0 radical (unpaired) electrons. The molecule has 82 valence electrons. The first-order chi connectivity index (χ1) is 6.29. The Bertz CT molecular complexity index is 211. The van der Waals surface area contributed by atoms with Gasteiger partial charge >= 0.3 is 0 Å². The van der Waals surface area contributed by atoms with Crippen LogP contribution in [0.3, 0.4) is 0 Å². The van der Waals surface area contributed by atoms with Gasteiger partial charge in [0.15, 0.2) is 0 Å². The standard InChI is InChI=1S/C8H14I2NO2P/c1-5(2)11(6(3)4)14(7(9)12)8(10)13/h5-6H,1-4H3. The SMILES string of the molecule is CC(C)N(C(C)C)P(C(=O)I)C(=O)I. The molecule has 0 aliphatic rings. The monoisotopic (exact) mass is 441 g/mol. The second-order valence-electron chi connectivity index (χ2n) is 3.39. The molecule has 0 heterocycles. The fraction of sp³-hybridized carbons (Fsp3) is 0.750. The van der Waals surface area contributed by atoms with Crippen molar-refractivity contribution in [2.24, 2.45) is 0 Å². The van der Waals surface area contributed by atoms with Gasteiger partial charge in [-0.3, -0.25) is 14.3 Å². The Morgan fingerprint density at radius 2 is 1.29 bits per heavy atom. The molecule has 3 nitrogen and oxygen atoms in total. The maximum absolute atomic E-state index is 11.4. The minimum Gasteiger partial charge on any atom is -0.281 e. The van der Waals surface area contributed by atoms with Gasteiger partial charge in [-0.25, -0.2) is 0 Å². The highest BCUT2D eigenvalue weighted by molar-refractivity contribution is 14.1. The van der Waals surface area contributed by atoms with Crippen LogP contribution in [0.4, 0.5) is 9.59 Å². The van der Waals surface area contributed by atoms with Crippen molar-refractivity contribution < 1.29 is 9.59 Å². The van der Waals surface area contributed by atoms with Crippen LogP contribution in [0.2, 0.25) is 0 Å². The van der Waals surface area contributed by atoms with Crippen LogP contribution in [0, 0.1) is 0 Å². The molecule has 0 fully saturated rings. The molecule has 0 atom stereocenters. The zero-order chi connectivity index (χ0) is 11.5. The summed E-state index contributed by atoms with van der Waals surface area (Å²) in [4.78, 5) is 22.8. The molecule has 0 rings (SSSR count). The van der Waals surface area contributed by atoms with Crippen molar-refractivity contribution in [1.29, 1.82) is 0 Å². The summed E-state index contributed by atoms with van der Waals surface area (Å²) >= 11 is 3.45. The van der Waals surface area contributed by atoms with E-state index < -0.39 is 8.07 Å². The summed E-state index contributed by atoms with van der Waals surface area (Å²) in [5.41, 5.74) is 0. The molecular weight excluding hydrogens is 427 g/mol. The van der Waals surface area contributed by atoms with E-state index in [4.69, 9.17) is 0 Å². The summed E-state index contributed by atoms with van der Waals surface area (Å²) in [6, 6.07) is 0.442. The molecule has 14 heavy (non-hydrogen) atoms. The van der Waals surface area contributed by atoms with Crippen LogP contribution < -0.4 is 0 Å². The van der Waals surface area contributed by atoms with Crippen LogP contribution in [-0.2, 0) is 0 Å². The first-order valence-electron chi connectivity index (χ1n) is 4.26. The molecule has 0 aromatic carbocycles. The van der Waals surface area contributed by atoms with E-state index in [1.807, 2.05) is 32.4 Å². The zero-order valence-electron chi connectivity index (χ0n) is 8.62. The first kappa shape index (κ1) is 15.2. The molecule has 0 N–H and O–H groups in total. The number of hydrogen-bond donors (Lipinski definition) is 0. The Kier molecular flexibility index (Phi) is 7.27. The lowest BCUT2D eigenvalue weighted by atomic mass is 10.3. The van der Waals surface area contributed by atoms with E-state index in [-0.39, 0.29) is 19.1 Å². The van der Waals surface area contributed by atoms with Crippen molar-refractivity contribution in [1.82, 2.24) is 4.67 Å². The number of carbonyl (C=O) groups is 2. The third kappa shape index (κ3) is 4.37. The fourth-order valence-electron chi connectivity index (χ4n) is 1.31. The van der Waals surface area contributed by atoms with E-state index in [1.165, 1.54) is 0 Å². The average Bonchev–Trinajstić information content (AvgIpc) is 1.96. The normalized spacial score (nSPS) is 11.9. The van der Waals surface area contributed by atoms with Crippen LogP contribution >= 0.6 is 53.3 Å². The highest BCUT2D eigenvalue weighted by atomic mass is 127. The van der Waals surface area contributed by atoms with Gasteiger partial charge in [-0.1, -0.05) is 0 Å². The van der Waals surface area contributed by atoms with E-state index in [0.29, 0.717) is 0 Å². The van der Waals surface area contributed by atoms with Crippen molar-refractivity contribution in [3.63, 3.8) is 0 Å². The van der Waals surface area contributed by atoms with E-state index in [1.54, 1.807) is 45.2 Å². The summed E-state index contributed by atoms with van der Waals surface area (Å²) in [6.45, 7) is 8.03. The number of halogens is 2. The van der Waals surface area contributed by atoms with Crippen molar-refractivity contribution in [3.05, 3.63) is 0 Å². The third-order valence-corrected chi connectivity index (χ3v) is 6.42. The van der Waals surface area contributed by atoms with Crippen LogP contribution in [0.15, 0.2) is 0 Å². The maximum Gasteiger partial charge on any atom is 0.236 e. The van der Waals surface area contributed by atoms with Gasteiger partial charge in [0.2, 0.25) is 7.06 Å². The molecular formula is C8H14I2NO2P. The Morgan fingerprint density at radius 1 is 1.00 bits per heavy atom. The van der Waals surface area contributed by atoms with Crippen molar-refractivity contribution >= 4 is 60.3 Å². The minimum atomic E-state index is -1.29. The first-order valence-corrected chi connectivity index (χ1v) is 7.71. The Balaban J connectivity index is 4.93. The lowest BCUT2D eigenvalue weighted by Crippen LogP contribution is -2.34. The minimum absolute atomic E-state index is 0.0422. The van der Waals surface area contributed by atoms with Crippen LogP contribution in [0.25, 0.3) is 0 Å². The van der Waals surface area contributed by atoms with Gasteiger partial charge in [-0.05, 0) is 27.7 Å². The molecule has 0 aliphatic heterocycles. The zero-order valence-corrected chi connectivity index (χ0v) is 13.8. The molecule has 0 amide bonds. The lowest BCUT2D eigenvalue weighted by Gasteiger charge is -2.33. The van der Waals surface area contributed by atoms with Crippen molar-refractivity contribution in [3.8, 4) is 0 Å². The van der Waals surface area contributed by atoms with Gasteiger partial charge in [0.05, 0.1) is 0 Å². The summed E-state index contributed by atoms with van der Waals surface area (Å²) in [7, 11) is -1.29. The number of carbonyl (C=O) groups excluding carboxylic acids is 2. The van der Waals surface area contributed by atoms with Gasteiger partial charge in [0, 0.05) is 57.3 Å². The average molecular weight is 441 g/mol. The predicted octanol–water partition coefficient (Wildman–Crippen LogP) is 4.61. The molecule has 0 saturated heterocycles. The highest BCUT2D eigenvalue weighted by Gasteiger charge is 2.33. The number of rotatable bonds is 5. The Morgan fingerprint density at radius 3 is 1.36 bits per heavy atom. The largest absolute Gasteiger partial charge is 0.281 e. The molecule has 0 saturated carbocycles. The van der Waals surface area contributed by atoms with Gasteiger partial charge in [-0.2, -0.15) is 0 Å². The summed E-state index contributed by atoms with van der Waals surface area (Å²) in [6.07, 6.45) is 0. The van der Waals surface area contributed by atoms with Gasteiger partial charge in [0.1, 0.15) is 8.07 Å². The Labute approximate surface area is 113 Å². The molecule has 0 bridgehead atoms. The van der Waals surface area contributed by atoms with E-state index in [9.17, 15) is 9.59 Å². The lowest BCUT2D eigenvalue weighted by molar-refractivity contribution is 0.267. The molecule has 0 unspecified atom stereocenters. The molecule has 0 aromatic rings. The summed E-state index contributed by atoms with van der Waals surface area (Å²) in [5, 5.41) is 0. The Hall–Kier alpha value is 1.19. The maximum atomic E-state index is 11.4. The van der Waals surface area contributed by atoms with Crippen LogP contribution in [0.1, 0.15) is 27.7 Å². The quantitative estimate of drug-likeness (QED) is 0.356.